The molecule has 1 unspecified atom stereocenters. The third-order valence-corrected chi connectivity index (χ3v) is 6.09. The third kappa shape index (κ3) is 6.11. The predicted molar refractivity (Wildman–Crippen MR) is 121 cm³/mol. The molecule has 0 aliphatic carbocycles. The van der Waals surface area contributed by atoms with Crippen LogP contribution in [0.25, 0.3) is 0 Å². The molecule has 2 aliphatic heterocycles. The lowest BCUT2D eigenvalue weighted by Crippen LogP contribution is -2.57. The second-order valence-electron chi connectivity index (χ2n) is 8.24. The van der Waals surface area contributed by atoms with Crippen molar-refractivity contribution in [2.24, 2.45) is 4.99 Å². The number of aliphatic imine (C=N–C) groups is 1. The molecule has 0 radical (unpaired) electrons. The molecule has 1 atom stereocenters. The second-order valence-corrected chi connectivity index (χ2v) is 8.24. The number of aromatic hydroxyl groups is 1. The van der Waals surface area contributed by atoms with Gasteiger partial charge < -0.3 is 20.2 Å². The molecule has 2 saturated heterocycles. The highest BCUT2D eigenvalue weighted by Gasteiger charge is 2.30. The number of guanidine groups is 1. The van der Waals surface area contributed by atoms with Gasteiger partial charge in [0.05, 0.1) is 6.04 Å². The molecular formula is C23H37N5O2. The van der Waals surface area contributed by atoms with E-state index in [0.717, 1.165) is 84.0 Å². The molecule has 2 N–H and O–H groups in total. The van der Waals surface area contributed by atoms with Crippen molar-refractivity contribution < 1.29 is 9.90 Å². The fourth-order valence-corrected chi connectivity index (χ4v) is 4.24. The number of carbonyl (C=O) groups excluding carboxylic acids is 1. The maximum Gasteiger partial charge on any atom is 0.239 e. The normalized spacial score (nSPS) is 19.2. The van der Waals surface area contributed by atoms with E-state index in [-0.39, 0.29) is 11.9 Å². The number of phenols is 1. The summed E-state index contributed by atoms with van der Waals surface area (Å²) in [6.07, 6.45) is 4.21. The van der Waals surface area contributed by atoms with E-state index in [1.54, 1.807) is 12.1 Å². The van der Waals surface area contributed by atoms with Gasteiger partial charge in [0.2, 0.25) is 5.91 Å². The van der Waals surface area contributed by atoms with Gasteiger partial charge in [0.1, 0.15) is 5.75 Å². The zero-order chi connectivity index (χ0) is 21.3. The SMILES string of the molecule is CCNC(=NCCCc1ccc(O)cc1)N1CCN(C(C)C(=O)N2CCCC2)CC1. The topological polar surface area (TPSA) is 71.4 Å². The molecule has 7 nitrogen and oxygen atoms in total. The number of hydrogen-bond acceptors (Lipinski definition) is 4. The summed E-state index contributed by atoms with van der Waals surface area (Å²) in [5, 5.41) is 12.8. The molecule has 2 heterocycles. The van der Waals surface area contributed by atoms with Crippen LogP contribution >= 0.6 is 0 Å². The van der Waals surface area contributed by atoms with Gasteiger partial charge >= 0.3 is 0 Å². The molecule has 2 aliphatic rings. The Morgan fingerprint density at radius 2 is 1.73 bits per heavy atom. The Balaban J connectivity index is 1.46. The zero-order valence-corrected chi connectivity index (χ0v) is 18.5. The number of hydrogen-bond donors (Lipinski definition) is 2. The van der Waals surface area contributed by atoms with Gasteiger partial charge in [-0.2, -0.15) is 0 Å². The maximum atomic E-state index is 12.7. The number of phenolic OH excluding ortho intramolecular Hbond substituents is 1. The number of nitrogens with one attached hydrogen (secondary N) is 1. The monoisotopic (exact) mass is 415 g/mol. The summed E-state index contributed by atoms with van der Waals surface area (Å²) in [4.78, 5) is 24.2. The summed E-state index contributed by atoms with van der Waals surface area (Å²) < 4.78 is 0. The van der Waals surface area contributed by atoms with Crippen LogP contribution in [-0.4, -0.2) is 90.1 Å². The van der Waals surface area contributed by atoms with E-state index < -0.39 is 0 Å². The number of carbonyl (C=O) groups is 1. The number of rotatable bonds is 7. The molecule has 0 aromatic heterocycles. The first-order valence-electron chi connectivity index (χ1n) is 11.4. The third-order valence-electron chi connectivity index (χ3n) is 6.09. The standard InChI is InChI=1S/C23H37N5O2/c1-3-24-23(25-12-6-7-20-8-10-21(29)11-9-20)28-17-15-26(16-18-28)19(2)22(30)27-13-4-5-14-27/h8-11,19,29H,3-7,12-18H2,1-2H3,(H,24,25). The number of nitrogens with zero attached hydrogens (tertiary/aromatic N) is 4. The lowest BCUT2D eigenvalue weighted by Gasteiger charge is -2.39. The van der Waals surface area contributed by atoms with Crippen LogP contribution in [0.5, 0.6) is 5.75 Å². The first-order chi connectivity index (χ1) is 14.6. The Kier molecular flexibility index (Phi) is 8.37. The molecule has 30 heavy (non-hydrogen) atoms. The molecular weight excluding hydrogens is 378 g/mol. The first-order valence-corrected chi connectivity index (χ1v) is 11.4. The van der Waals surface area contributed by atoms with Gasteiger partial charge in [0, 0.05) is 52.4 Å². The van der Waals surface area contributed by atoms with Crippen molar-refractivity contribution in [3.8, 4) is 5.75 Å². The van der Waals surface area contributed by atoms with Gasteiger partial charge in [0.15, 0.2) is 5.96 Å². The molecule has 3 rings (SSSR count). The summed E-state index contributed by atoms with van der Waals surface area (Å²) in [5.74, 6) is 1.57. The quantitative estimate of drug-likeness (QED) is 0.404. The van der Waals surface area contributed by atoms with Crippen molar-refractivity contribution in [3.05, 3.63) is 29.8 Å². The minimum absolute atomic E-state index is 0.0323. The summed E-state index contributed by atoms with van der Waals surface area (Å²) in [7, 11) is 0. The van der Waals surface area contributed by atoms with Crippen LogP contribution in [0.2, 0.25) is 0 Å². The van der Waals surface area contributed by atoms with Gasteiger partial charge in [-0.25, -0.2) is 0 Å². The summed E-state index contributed by atoms with van der Waals surface area (Å²) in [6.45, 7) is 11.2. The average Bonchev–Trinajstić information content (AvgIpc) is 3.31. The van der Waals surface area contributed by atoms with Crippen molar-refractivity contribution >= 4 is 11.9 Å². The Labute approximate surface area is 180 Å². The molecule has 0 bridgehead atoms. The second kappa shape index (κ2) is 11.2. The zero-order valence-electron chi connectivity index (χ0n) is 18.5. The van der Waals surface area contributed by atoms with E-state index in [0.29, 0.717) is 5.75 Å². The minimum atomic E-state index is -0.0323. The van der Waals surface area contributed by atoms with Crippen molar-refractivity contribution in [1.82, 2.24) is 20.0 Å². The molecule has 166 valence electrons. The highest BCUT2D eigenvalue weighted by atomic mass is 16.3. The van der Waals surface area contributed by atoms with Crippen LogP contribution in [-0.2, 0) is 11.2 Å². The van der Waals surface area contributed by atoms with Gasteiger partial charge in [0.25, 0.3) is 0 Å². The Hall–Kier alpha value is -2.28. The smallest absolute Gasteiger partial charge is 0.239 e. The maximum absolute atomic E-state index is 12.7. The molecule has 1 aromatic carbocycles. The number of amides is 1. The van der Waals surface area contributed by atoms with Crippen molar-refractivity contribution in [3.63, 3.8) is 0 Å². The lowest BCUT2D eigenvalue weighted by molar-refractivity contribution is -0.135. The van der Waals surface area contributed by atoms with E-state index in [2.05, 4.69) is 29.0 Å². The molecule has 1 amide bonds. The summed E-state index contributed by atoms with van der Waals surface area (Å²) in [5.41, 5.74) is 1.22. The van der Waals surface area contributed by atoms with E-state index in [1.165, 1.54) is 5.56 Å². The number of likely N-dealkylation sites (tertiary alicyclic amines) is 1. The van der Waals surface area contributed by atoms with Crippen LogP contribution in [0, 0.1) is 0 Å². The average molecular weight is 416 g/mol. The molecule has 1 aromatic rings. The molecule has 0 saturated carbocycles. The van der Waals surface area contributed by atoms with E-state index in [4.69, 9.17) is 4.99 Å². The highest BCUT2D eigenvalue weighted by Crippen LogP contribution is 2.14. The Morgan fingerprint density at radius 3 is 2.37 bits per heavy atom. The van der Waals surface area contributed by atoms with E-state index in [9.17, 15) is 9.90 Å². The van der Waals surface area contributed by atoms with E-state index >= 15 is 0 Å². The van der Waals surface area contributed by atoms with E-state index in [1.807, 2.05) is 17.0 Å². The van der Waals surface area contributed by atoms with Crippen molar-refractivity contribution in [2.45, 2.75) is 45.6 Å². The fraction of sp³-hybridized carbons (Fsp3) is 0.652. The largest absolute Gasteiger partial charge is 0.508 e. The van der Waals surface area contributed by atoms with Gasteiger partial charge in [-0.05, 0) is 57.2 Å². The van der Waals surface area contributed by atoms with Crippen molar-refractivity contribution in [2.75, 3.05) is 52.4 Å². The number of piperazine rings is 1. The number of aryl methyl sites for hydroxylation is 1. The summed E-state index contributed by atoms with van der Waals surface area (Å²) in [6, 6.07) is 7.37. The molecule has 0 spiro atoms. The lowest BCUT2D eigenvalue weighted by atomic mass is 10.1. The Morgan fingerprint density at radius 1 is 1.07 bits per heavy atom. The summed E-state index contributed by atoms with van der Waals surface area (Å²) >= 11 is 0. The Bertz CT molecular complexity index is 692. The predicted octanol–water partition coefficient (Wildman–Crippen LogP) is 1.92. The fourth-order valence-electron chi connectivity index (χ4n) is 4.24. The van der Waals surface area contributed by atoms with Crippen LogP contribution in [0.4, 0.5) is 0 Å². The first kappa shape index (κ1) is 22.4. The van der Waals surface area contributed by atoms with Crippen LogP contribution in [0.1, 0.15) is 38.7 Å². The van der Waals surface area contributed by atoms with Gasteiger partial charge in [-0.15, -0.1) is 0 Å². The van der Waals surface area contributed by atoms with Crippen LogP contribution in [0.3, 0.4) is 0 Å². The van der Waals surface area contributed by atoms with Gasteiger partial charge in [-0.1, -0.05) is 12.1 Å². The van der Waals surface area contributed by atoms with Crippen LogP contribution < -0.4 is 5.32 Å². The minimum Gasteiger partial charge on any atom is -0.508 e. The molecule has 7 heteroatoms. The van der Waals surface area contributed by atoms with Crippen molar-refractivity contribution in [1.29, 1.82) is 0 Å². The van der Waals surface area contributed by atoms with Crippen LogP contribution in [0.15, 0.2) is 29.3 Å². The highest BCUT2D eigenvalue weighted by molar-refractivity contribution is 5.82. The van der Waals surface area contributed by atoms with Gasteiger partial charge in [-0.3, -0.25) is 14.7 Å². The number of benzene rings is 1. The molecule has 2 fully saturated rings.